The first-order valence-electron chi connectivity index (χ1n) is 16.0. The highest BCUT2D eigenvalue weighted by molar-refractivity contribution is 9.10. The summed E-state index contributed by atoms with van der Waals surface area (Å²) < 4.78 is 0.343. The van der Waals surface area contributed by atoms with Gasteiger partial charge in [0.05, 0.1) is 21.2 Å². The lowest BCUT2D eigenvalue weighted by atomic mass is 10.2. The van der Waals surface area contributed by atoms with E-state index in [0.717, 1.165) is 71.1 Å². The molecule has 0 atom stereocenters. The lowest BCUT2D eigenvalue weighted by Gasteiger charge is -2.34. The van der Waals surface area contributed by atoms with Crippen LogP contribution in [-0.2, 0) is 0 Å². The number of aromatic nitrogens is 3. The average Bonchev–Trinajstić information content (AvgIpc) is 3.08. The maximum atomic E-state index is 11.0. The minimum atomic E-state index is -0.577. The number of nitrogen functional groups attached to an aromatic ring is 4. The van der Waals surface area contributed by atoms with E-state index in [9.17, 15) is 20.2 Å². The highest BCUT2D eigenvalue weighted by Gasteiger charge is 2.25. The van der Waals surface area contributed by atoms with Gasteiger partial charge in [-0.05, 0) is 55.3 Å². The topological polar surface area (TPSA) is 257 Å². The third-order valence-corrected chi connectivity index (χ3v) is 8.87. The Kier molecular flexibility index (Phi) is 19.5. The van der Waals surface area contributed by atoms with E-state index in [-0.39, 0.29) is 37.9 Å². The van der Waals surface area contributed by atoms with E-state index < -0.39 is 9.85 Å². The van der Waals surface area contributed by atoms with E-state index in [2.05, 4.69) is 69.9 Å². The summed E-state index contributed by atoms with van der Waals surface area (Å²) in [6.07, 6.45) is 4.61. The van der Waals surface area contributed by atoms with Crippen molar-refractivity contribution in [1.29, 1.82) is 0 Å². The Morgan fingerprint density at radius 3 is 1.40 bits per heavy atom. The van der Waals surface area contributed by atoms with Crippen molar-refractivity contribution in [3.05, 3.63) is 61.5 Å². The number of hydrogen-bond acceptors (Lipinski definition) is 17. The molecule has 20 heteroatoms. The lowest BCUT2D eigenvalue weighted by molar-refractivity contribution is -0.385. The van der Waals surface area contributed by atoms with E-state index >= 15 is 0 Å². The number of hydrogen-bond donors (Lipinski definition) is 5. The number of nitrogens with one attached hydrogen (secondary N) is 1. The van der Waals surface area contributed by atoms with E-state index in [0.29, 0.717) is 21.7 Å². The van der Waals surface area contributed by atoms with Crippen LogP contribution in [0, 0.1) is 20.2 Å². The highest BCUT2D eigenvalue weighted by Crippen LogP contribution is 2.32. The van der Waals surface area contributed by atoms with Crippen molar-refractivity contribution in [2.75, 3.05) is 132 Å². The number of piperazine rings is 3. The molecule has 0 amide bonds. The first-order chi connectivity index (χ1) is 23.8. The van der Waals surface area contributed by atoms with Gasteiger partial charge in [0.25, 0.3) is 0 Å². The summed E-state index contributed by atoms with van der Waals surface area (Å²) in [5.41, 5.74) is 24.3. The number of halogens is 1. The zero-order valence-electron chi connectivity index (χ0n) is 28.7. The van der Waals surface area contributed by atoms with Crippen molar-refractivity contribution in [1.82, 2.24) is 35.0 Å². The monoisotopic (exact) mass is 793 g/mol. The molecule has 9 N–H and O–H groups in total. The molecule has 290 valence electrons. The van der Waals surface area contributed by atoms with Crippen molar-refractivity contribution in [2.45, 2.75) is 14.9 Å². The average molecular weight is 795 g/mol. The second kappa shape index (κ2) is 22.3. The number of nitro groups is 2. The SMILES string of the molecule is C.C.CN1CCN(c2ccnc(N)c2N)CC1.CN1CCN(c2ccnc(N)c2[N+](=O)[O-])CC1.CN1CCNCC1.Nc1nccc(Br)c1[N+](=O)[O-]. The maximum Gasteiger partial charge on any atom is 0.334 e. The van der Waals surface area contributed by atoms with Gasteiger partial charge in [0.1, 0.15) is 16.0 Å². The van der Waals surface area contributed by atoms with Crippen molar-refractivity contribution in [2.24, 2.45) is 0 Å². The molecule has 3 fully saturated rings. The fraction of sp³-hybridized carbons (Fsp3) is 0.531. The first-order valence-corrected chi connectivity index (χ1v) is 16.8. The zero-order chi connectivity index (χ0) is 36.8. The van der Waals surface area contributed by atoms with Gasteiger partial charge in [0.15, 0.2) is 0 Å². The molecule has 0 aromatic carbocycles. The first kappa shape index (κ1) is 45.4. The smallest absolute Gasteiger partial charge is 0.334 e. The van der Waals surface area contributed by atoms with Crippen LogP contribution in [0.15, 0.2) is 41.3 Å². The lowest BCUT2D eigenvalue weighted by Crippen LogP contribution is -2.44. The van der Waals surface area contributed by atoms with Gasteiger partial charge in [0, 0.05) is 97.1 Å². The van der Waals surface area contributed by atoms with Crippen molar-refractivity contribution in [3.8, 4) is 0 Å². The van der Waals surface area contributed by atoms with Gasteiger partial charge in [-0.25, -0.2) is 15.0 Å². The summed E-state index contributed by atoms with van der Waals surface area (Å²) >= 11 is 2.99. The molecule has 6 heterocycles. The summed E-state index contributed by atoms with van der Waals surface area (Å²) in [5.74, 6) is 0.322. The summed E-state index contributed by atoms with van der Waals surface area (Å²) in [7, 11) is 6.31. The molecule has 52 heavy (non-hydrogen) atoms. The molecule has 0 bridgehead atoms. The minimum Gasteiger partial charge on any atom is -0.394 e. The van der Waals surface area contributed by atoms with E-state index in [4.69, 9.17) is 22.9 Å². The Labute approximate surface area is 314 Å². The predicted octanol–water partition coefficient (Wildman–Crippen LogP) is 2.45. The van der Waals surface area contributed by atoms with Crippen LogP contribution in [0.25, 0.3) is 0 Å². The number of nitrogens with zero attached hydrogens (tertiary/aromatic N) is 10. The fourth-order valence-electron chi connectivity index (χ4n) is 5.15. The van der Waals surface area contributed by atoms with Gasteiger partial charge in [-0.2, -0.15) is 0 Å². The Bertz CT molecular complexity index is 1530. The Hall–Kier alpha value is -4.63. The molecule has 3 aliphatic heterocycles. The molecule has 0 unspecified atom stereocenters. The summed E-state index contributed by atoms with van der Waals surface area (Å²) in [4.78, 5) is 42.6. The molecule has 0 radical (unpaired) electrons. The summed E-state index contributed by atoms with van der Waals surface area (Å²) in [6.45, 7) is 12.1. The molecule has 3 aliphatic rings. The van der Waals surface area contributed by atoms with Crippen molar-refractivity contribution >= 4 is 61.8 Å². The van der Waals surface area contributed by atoms with Crippen molar-refractivity contribution < 1.29 is 9.85 Å². The van der Waals surface area contributed by atoms with Crippen LogP contribution in [0.2, 0.25) is 0 Å². The van der Waals surface area contributed by atoms with Crippen molar-refractivity contribution in [3.63, 3.8) is 0 Å². The van der Waals surface area contributed by atoms with E-state index in [1.54, 1.807) is 12.3 Å². The standard InChI is InChI=1S/C10H15N5O2.C10H17N5.C5H4BrN3O2.C5H12N2.2CH4/c1-13-4-6-14(7-5-13)8-2-3-12-10(11)9(8)15(16)17;1-14-4-6-15(7-5-14)8-2-3-13-10(12)9(8)11;6-3-1-2-8-5(7)4(3)9(10)11;1-7-4-2-6-3-5-7;;/h2-3H,4-7H2,1H3,(H2,11,12);2-3H,4-7,11H2,1H3,(H2,12,13);1-2H,(H2,7,8);6H,2-5H2,1H3;2*1H4. The van der Waals surface area contributed by atoms with Gasteiger partial charge >= 0.3 is 11.4 Å². The van der Waals surface area contributed by atoms with E-state index in [1.165, 1.54) is 31.5 Å². The third kappa shape index (κ3) is 13.5. The van der Waals surface area contributed by atoms with Crippen LogP contribution in [0.5, 0.6) is 0 Å². The fourth-order valence-corrected chi connectivity index (χ4v) is 5.62. The molecular formula is C32H56BrN15O4. The van der Waals surface area contributed by atoms with E-state index in [1.807, 2.05) is 18.0 Å². The third-order valence-electron chi connectivity index (χ3n) is 8.23. The Morgan fingerprint density at radius 2 is 1.00 bits per heavy atom. The van der Waals surface area contributed by atoms with Crippen LogP contribution in [0.4, 0.5) is 45.9 Å². The van der Waals surface area contributed by atoms with Crippen LogP contribution < -0.4 is 38.1 Å². The maximum absolute atomic E-state index is 11.0. The van der Waals surface area contributed by atoms with Crippen LogP contribution >= 0.6 is 15.9 Å². The van der Waals surface area contributed by atoms with Crippen LogP contribution in [0.3, 0.4) is 0 Å². The van der Waals surface area contributed by atoms with Gasteiger partial charge in [-0.1, -0.05) is 14.9 Å². The normalized spacial score (nSPS) is 16.2. The largest absolute Gasteiger partial charge is 0.394 e. The Morgan fingerprint density at radius 1 is 0.615 bits per heavy atom. The molecule has 3 saturated heterocycles. The highest BCUT2D eigenvalue weighted by atomic mass is 79.9. The molecule has 0 spiro atoms. The number of rotatable bonds is 4. The number of pyridine rings is 3. The molecule has 6 rings (SSSR count). The molecule has 3 aromatic heterocycles. The molecular weight excluding hydrogens is 738 g/mol. The Balaban J connectivity index is 0.000000356. The molecule has 0 saturated carbocycles. The summed E-state index contributed by atoms with van der Waals surface area (Å²) in [5, 5.41) is 24.6. The second-order valence-electron chi connectivity index (χ2n) is 11.9. The predicted molar refractivity (Wildman–Crippen MR) is 215 cm³/mol. The summed E-state index contributed by atoms with van der Waals surface area (Å²) in [6, 6.07) is 5.05. The molecule has 19 nitrogen and oxygen atoms in total. The van der Waals surface area contributed by atoms with Gasteiger partial charge in [-0.15, -0.1) is 0 Å². The zero-order valence-corrected chi connectivity index (χ0v) is 30.3. The van der Waals surface area contributed by atoms with Gasteiger partial charge in [0.2, 0.25) is 11.6 Å². The van der Waals surface area contributed by atoms with Crippen LogP contribution in [-0.4, -0.2) is 139 Å². The number of likely N-dealkylation sites (N-methyl/N-ethyl adjacent to an activating group) is 3. The molecule has 3 aromatic rings. The van der Waals surface area contributed by atoms with Gasteiger partial charge < -0.3 is 52.8 Å². The number of nitrogens with two attached hydrogens (primary N) is 4. The second-order valence-corrected chi connectivity index (χ2v) is 12.7. The number of anilines is 6. The molecule has 0 aliphatic carbocycles. The van der Waals surface area contributed by atoms with Crippen LogP contribution in [0.1, 0.15) is 14.9 Å². The minimum absolute atomic E-state index is 0. The van der Waals surface area contributed by atoms with Gasteiger partial charge in [-0.3, -0.25) is 20.2 Å². The quantitative estimate of drug-likeness (QED) is 0.188.